The summed E-state index contributed by atoms with van der Waals surface area (Å²) in [5, 5.41) is 0. The zero-order chi connectivity index (χ0) is 21.0. The number of hydrogen-bond donors (Lipinski definition) is 0. The first-order valence-corrected chi connectivity index (χ1v) is 9.19. The fourth-order valence-corrected chi connectivity index (χ4v) is 2.93. The zero-order valence-electron chi connectivity index (χ0n) is 16.9. The lowest BCUT2D eigenvalue weighted by molar-refractivity contribution is 0.0471. The number of esters is 1. The molecule has 3 aromatic rings. The predicted octanol–water partition coefficient (Wildman–Crippen LogP) is 4.54. The van der Waals surface area contributed by atoms with Crippen molar-refractivity contribution in [1.82, 2.24) is 9.97 Å². The van der Waals surface area contributed by atoms with Crippen molar-refractivity contribution in [3.63, 3.8) is 0 Å². The molecule has 0 spiro atoms. The number of aromatic nitrogens is 2. The normalized spacial score (nSPS) is 10.5. The summed E-state index contributed by atoms with van der Waals surface area (Å²) in [4.78, 5) is 33.3. The molecule has 29 heavy (non-hydrogen) atoms. The Labute approximate surface area is 169 Å². The van der Waals surface area contributed by atoms with Crippen LogP contribution in [0.3, 0.4) is 0 Å². The molecule has 0 N–H and O–H groups in total. The van der Waals surface area contributed by atoms with E-state index in [2.05, 4.69) is 9.97 Å². The first kappa shape index (κ1) is 20.2. The van der Waals surface area contributed by atoms with Crippen LogP contribution in [0.5, 0.6) is 11.6 Å². The molecule has 0 amide bonds. The molecule has 0 aliphatic heterocycles. The number of pyridine rings is 2. The van der Waals surface area contributed by atoms with Gasteiger partial charge < -0.3 is 9.47 Å². The number of benzene rings is 1. The second-order valence-corrected chi connectivity index (χ2v) is 6.76. The minimum atomic E-state index is -0.677. The first-order chi connectivity index (χ1) is 13.9. The van der Waals surface area contributed by atoms with E-state index < -0.39 is 5.97 Å². The Morgan fingerprint density at radius 2 is 1.69 bits per heavy atom. The molecule has 1 aromatic carbocycles. The summed E-state index contributed by atoms with van der Waals surface area (Å²) in [6, 6.07) is 8.39. The van der Waals surface area contributed by atoms with Gasteiger partial charge in [0.1, 0.15) is 11.3 Å². The van der Waals surface area contributed by atoms with Crippen LogP contribution in [-0.4, -0.2) is 28.3 Å². The van der Waals surface area contributed by atoms with Gasteiger partial charge in [-0.2, -0.15) is 0 Å². The van der Waals surface area contributed by atoms with Gasteiger partial charge in [-0.3, -0.25) is 9.78 Å². The van der Waals surface area contributed by atoms with Gasteiger partial charge in [-0.15, -0.1) is 0 Å². The Bertz CT molecular complexity index is 1060. The minimum absolute atomic E-state index is 0.0937. The number of nitrogens with zero attached hydrogens (tertiary/aromatic N) is 2. The van der Waals surface area contributed by atoms with Crippen molar-refractivity contribution in [2.24, 2.45) is 0 Å². The van der Waals surface area contributed by atoms with Crippen LogP contribution in [0.25, 0.3) is 0 Å². The van der Waals surface area contributed by atoms with Crippen molar-refractivity contribution in [2.45, 2.75) is 27.7 Å². The number of ketones is 1. The van der Waals surface area contributed by atoms with Crippen molar-refractivity contribution in [2.75, 3.05) is 6.61 Å². The van der Waals surface area contributed by atoms with E-state index in [1.807, 2.05) is 33.8 Å². The van der Waals surface area contributed by atoms with Gasteiger partial charge in [0.05, 0.1) is 6.20 Å². The SMILES string of the molecule is Cc1cc(C(=O)COC(=O)c2cccnc2Oc2cccnc2)c(C)c(C)c1C. The molecule has 2 aromatic heterocycles. The standard InChI is InChI=1S/C23H22N2O4/c1-14-11-20(17(4)16(3)15(14)2)21(26)13-28-23(27)19-8-6-10-25-22(19)29-18-7-5-9-24-12-18/h5-12H,13H2,1-4H3. The number of hydrogen-bond acceptors (Lipinski definition) is 6. The molecule has 0 bridgehead atoms. The van der Waals surface area contributed by atoms with Crippen molar-refractivity contribution < 1.29 is 19.1 Å². The zero-order valence-corrected chi connectivity index (χ0v) is 16.9. The van der Waals surface area contributed by atoms with Crippen LogP contribution in [0, 0.1) is 27.7 Å². The van der Waals surface area contributed by atoms with Crippen LogP contribution in [0.1, 0.15) is 43.0 Å². The highest BCUT2D eigenvalue weighted by Crippen LogP contribution is 2.24. The summed E-state index contributed by atoms with van der Waals surface area (Å²) >= 11 is 0. The summed E-state index contributed by atoms with van der Waals surface area (Å²) in [5.74, 6) is -0.391. The lowest BCUT2D eigenvalue weighted by Gasteiger charge is -2.14. The van der Waals surface area contributed by atoms with Crippen LogP contribution < -0.4 is 4.74 Å². The fraction of sp³-hybridized carbons (Fsp3) is 0.217. The number of Topliss-reactive ketones (excluding diaryl/α,β-unsaturated/α-hetero) is 1. The second-order valence-electron chi connectivity index (χ2n) is 6.76. The van der Waals surface area contributed by atoms with Crippen molar-refractivity contribution in [3.05, 3.63) is 82.3 Å². The van der Waals surface area contributed by atoms with Crippen molar-refractivity contribution >= 4 is 11.8 Å². The highest BCUT2D eigenvalue weighted by molar-refractivity contribution is 6.01. The number of carbonyl (C=O) groups excluding carboxylic acids is 2. The maximum Gasteiger partial charge on any atom is 0.344 e. The largest absolute Gasteiger partial charge is 0.454 e. The number of ether oxygens (including phenoxy) is 2. The molecule has 0 radical (unpaired) electrons. The fourth-order valence-electron chi connectivity index (χ4n) is 2.93. The van der Waals surface area contributed by atoms with E-state index in [4.69, 9.17) is 9.47 Å². The van der Waals surface area contributed by atoms with Gasteiger partial charge in [-0.1, -0.05) is 0 Å². The van der Waals surface area contributed by atoms with Gasteiger partial charge in [-0.25, -0.2) is 9.78 Å². The molecule has 0 fully saturated rings. The molecule has 2 heterocycles. The summed E-state index contributed by atoms with van der Waals surface area (Å²) in [7, 11) is 0. The quantitative estimate of drug-likeness (QED) is 0.454. The Morgan fingerprint density at radius 3 is 2.41 bits per heavy atom. The Kier molecular flexibility index (Phi) is 6.02. The van der Waals surface area contributed by atoms with E-state index in [-0.39, 0.29) is 23.8 Å². The third-order valence-electron chi connectivity index (χ3n) is 4.96. The Hall–Kier alpha value is -3.54. The van der Waals surface area contributed by atoms with E-state index in [0.717, 1.165) is 22.3 Å². The molecule has 0 aliphatic carbocycles. The number of carbonyl (C=O) groups is 2. The number of rotatable bonds is 6. The molecular weight excluding hydrogens is 368 g/mol. The second kappa shape index (κ2) is 8.65. The monoisotopic (exact) mass is 390 g/mol. The lowest BCUT2D eigenvalue weighted by atomic mass is 9.93. The average Bonchev–Trinajstić information content (AvgIpc) is 2.74. The minimum Gasteiger partial charge on any atom is -0.454 e. The van der Waals surface area contributed by atoms with Crippen LogP contribution in [-0.2, 0) is 4.74 Å². The van der Waals surface area contributed by atoms with E-state index in [0.29, 0.717) is 11.3 Å². The van der Waals surface area contributed by atoms with Crippen LogP contribution >= 0.6 is 0 Å². The third-order valence-corrected chi connectivity index (χ3v) is 4.96. The predicted molar refractivity (Wildman–Crippen MR) is 109 cm³/mol. The summed E-state index contributed by atoms with van der Waals surface area (Å²) < 4.78 is 10.9. The lowest BCUT2D eigenvalue weighted by Crippen LogP contribution is -2.17. The smallest absolute Gasteiger partial charge is 0.344 e. The van der Waals surface area contributed by atoms with Gasteiger partial charge in [0.25, 0.3) is 0 Å². The van der Waals surface area contributed by atoms with Gasteiger partial charge in [0, 0.05) is 18.0 Å². The van der Waals surface area contributed by atoms with Gasteiger partial charge in [0.2, 0.25) is 11.7 Å². The molecule has 0 saturated heterocycles. The molecule has 3 rings (SSSR count). The Balaban J connectivity index is 1.74. The van der Waals surface area contributed by atoms with E-state index in [9.17, 15) is 9.59 Å². The summed E-state index contributed by atoms with van der Waals surface area (Å²) in [6.07, 6.45) is 4.63. The topological polar surface area (TPSA) is 78.4 Å². The van der Waals surface area contributed by atoms with Crippen LogP contribution in [0.2, 0.25) is 0 Å². The molecule has 148 valence electrons. The highest BCUT2D eigenvalue weighted by Gasteiger charge is 2.19. The molecule has 0 atom stereocenters. The molecule has 6 nitrogen and oxygen atoms in total. The third kappa shape index (κ3) is 4.48. The molecule has 0 unspecified atom stereocenters. The van der Waals surface area contributed by atoms with Crippen molar-refractivity contribution in [1.29, 1.82) is 0 Å². The molecular formula is C23H22N2O4. The van der Waals surface area contributed by atoms with E-state index in [1.54, 1.807) is 24.4 Å². The van der Waals surface area contributed by atoms with E-state index >= 15 is 0 Å². The van der Waals surface area contributed by atoms with Crippen molar-refractivity contribution in [3.8, 4) is 11.6 Å². The highest BCUT2D eigenvalue weighted by atomic mass is 16.5. The van der Waals surface area contributed by atoms with Crippen LogP contribution in [0.15, 0.2) is 48.9 Å². The molecule has 0 saturated carbocycles. The summed E-state index contributed by atoms with van der Waals surface area (Å²) in [5.41, 5.74) is 4.86. The Morgan fingerprint density at radius 1 is 0.931 bits per heavy atom. The summed E-state index contributed by atoms with van der Waals surface area (Å²) in [6.45, 7) is 7.51. The first-order valence-electron chi connectivity index (χ1n) is 9.19. The number of aryl methyl sites for hydroxylation is 1. The van der Waals surface area contributed by atoms with E-state index in [1.165, 1.54) is 18.5 Å². The van der Waals surface area contributed by atoms with Gasteiger partial charge in [0.15, 0.2) is 6.61 Å². The molecule has 6 heteroatoms. The van der Waals surface area contributed by atoms with Gasteiger partial charge >= 0.3 is 5.97 Å². The maximum absolute atomic E-state index is 12.7. The molecule has 0 aliphatic rings. The van der Waals surface area contributed by atoms with Crippen LogP contribution in [0.4, 0.5) is 0 Å². The maximum atomic E-state index is 12.7. The average molecular weight is 390 g/mol. The van der Waals surface area contributed by atoms with Gasteiger partial charge in [-0.05, 0) is 80.3 Å².